The van der Waals surface area contributed by atoms with Gasteiger partial charge in [0.15, 0.2) is 0 Å². The van der Waals surface area contributed by atoms with Gasteiger partial charge in [0.25, 0.3) is 11.5 Å². The fourth-order valence-corrected chi connectivity index (χ4v) is 3.42. The number of H-pyrrole nitrogens is 1. The Bertz CT molecular complexity index is 985. The molecule has 0 spiro atoms. The average molecular weight is 352 g/mol. The summed E-state index contributed by atoms with van der Waals surface area (Å²) in [5.74, 6) is 0.264. The van der Waals surface area contributed by atoms with Crippen molar-refractivity contribution in [3.63, 3.8) is 0 Å². The third-order valence-electron chi connectivity index (χ3n) is 4.79. The average Bonchev–Trinajstić information content (AvgIpc) is 3.00. The molecule has 0 atom stereocenters. The number of rotatable bonds is 3. The molecule has 134 valence electrons. The maximum atomic E-state index is 13.0. The Kier molecular flexibility index (Phi) is 4.30. The van der Waals surface area contributed by atoms with Gasteiger partial charge < -0.3 is 14.3 Å². The van der Waals surface area contributed by atoms with Crippen LogP contribution >= 0.6 is 0 Å². The van der Waals surface area contributed by atoms with Crippen molar-refractivity contribution >= 4 is 17.0 Å². The number of piperazine rings is 1. The van der Waals surface area contributed by atoms with Crippen molar-refractivity contribution in [3.8, 4) is 0 Å². The Balaban J connectivity index is 1.49. The van der Waals surface area contributed by atoms with Crippen molar-refractivity contribution in [2.45, 2.75) is 13.5 Å². The van der Waals surface area contributed by atoms with E-state index in [-0.39, 0.29) is 22.6 Å². The Labute approximate surface area is 150 Å². The van der Waals surface area contributed by atoms with Gasteiger partial charge in [0, 0.05) is 32.7 Å². The van der Waals surface area contributed by atoms with E-state index in [1.54, 1.807) is 11.8 Å². The number of aryl methyl sites for hydroxylation is 1. The third-order valence-corrected chi connectivity index (χ3v) is 4.79. The van der Waals surface area contributed by atoms with Crippen LogP contribution in [0.2, 0.25) is 0 Å². The van der Waals surface area contributed by atoms with Crippen molar-refractivity contribution in [2.24, 2.45) is 0 Å². The van der Waals surface area contributed by atoms with Crippen LogP contribution in [0.15, 0.2) is 45.9 Å². The van der Waals surface area contributed by atoms with E-state index >= 15 is 0 Å². The van der Waals surface area contributed by atoms with E-state index in [0.29, 0.717) is 24.4 Å². The second kappa shape index (κ2) is 6.76. The number of aromatic nitrogens is 2. The first-order valence-corrected chi connectivity index (χ1v) is 8.66. The van der Waals surface area contributed by atoms with Crippen LogP contribution in [0.1, 0.15) is 21.7 Å². The van der Waals surface area contributed by atoms with Gasteiger partial charge >= 0.3 is 0 Å². The Hall–Kier alpha value is -2.93. The highest BCUT2D eigenvalue weighted by atomic mass is 16.3. The van der Waals surface area contributed by atoms with E-state index in [4.69, 9.17) is 4.42 Å². The van der Waals surface area contributed by atoms with E-state index in [1.165, 1.54) is 11.9 Å². The third kappa shape index (κ3) is 3.01. The number of amides is 1. The first kappa shape index (κ1) is 16.5. The predicted molar refractivity (Wildman–Crippen MR) is 97.0 cm³/mol. The molecule has 1 N–H and O–H groups in total. The molecule has 0 aliphatic carbocycles. The molecule has 1 aliphatic rings. The largest absolute Gasteiger partial charge is 0.442 e. The number of carbonyl (C=O) groups is 1. The van der Waals surface area contributed by atoms with Gasteiger partial charge in [-0.3, -0.25) is 14.5 Å². The van der Waals surface area contributed by atoms with Gasteiger partial charge in [-0.1, -0.05) is 30.3 Å². The Morgan fingerprint density at radius 3 is 2.65 bits per heavy atom. The summed E-state index contributed by atoms with van der Waals surface area (Å²) in [5, 5.41) is 0.238. The van der Waals surface area contributed by atoms with Gasteiger partial charge in [-0.2, -0.15) is 0 Å². The SMILES string of the molecule is Cc1oc2nc[nH]c(=O)c2c1C(=O)N1CCN(Cc2ccccc2)CC1. The van der Waals surface area contributed by atoms with Gasteiger partial charge in [-0.15, -0.1) is 0 Å². The fraction of sp³-hybridized carbons (Fsp3) is 0.316. The van der Waals surface area contributed by atoms with Gasteiger partial charge in [0.2, 0.25) is 5.71 Å². The molecule has 4 rings (SSSR count). The van der Waals surface area contributed by atoms with Crippen LogP contribution in [0.4, 0.5) is 0 Å². The number of benzene rings is 1. The standard InChI is InChI=1S/C19H20N4O3/c1-13-15(16-17(24)20-12-21-18(16)26-13)19(25)23-9-7-22(8-10-23)11-14-5-3-2-4-6-14/h2-6,12H,7-11H2,1H3,(H,20,21,24). The maximum Gasteiger partial charge on any atom is 0.262 e. The summed E-state index contributed by atoms with van der Waals surface area (Å²) in [6, 6.07) is 10.3. The van der Waals surface area contributed by atoms with Gasteiger partial charge in [-0.05, 0) is 12.5 Å². The smallest absolute Gasteiger partial charge is 0.262 e. The highest BCUT2D eigenvalue weighted by Crippen LogP contribution is 2.23. The molecule has 1 amide bonds. The molecule has 1 aliphatic heterocycles. The number of furan rings is 1. The van der Waals surface area contributed by atoms with Crippen LogP contribution in [0.25, 0.3) is 11.1 Å². The Morgan fingerprint density at radius 2 is 1.92 bits per heavy atom. The summed E-state index contributed by atoms with van der Waals surface area (Å²) in [5.41, 5.74) is 1.45. The molecule has 0 bridgehead atoms. The Morgan fingerprint density at radius 1 is 1.19 bits per heavy atom. The lowest BCUT2D eigenvalue weighted by molar-refractivity contribution is 0.0628. The monoisotopic (exact) mass is 352 g/mol. The topological polar surface area (TPSA) is 82.4 Å². The van der Waals surface area contributed by atoms with Gasteiger partial charge in [0.1, 0.15) is 11.1 Å². The molecular formula is C19H20N4O3. The minimum atomic E-state index is -0.349. The van der Waals surface area contributed by atoms with Gasteiger partial charge in [0.05, 0.1) is 11.9 Å². The number of aromatic amines is 1. The van der Waals surface area contributed by atoms with Crippen molar-refractivity contribution < 1.29 is 9.21 Å². The van der Waals surface area contributed by atoms with Crippen molar-refractivity contribution in [1.29, 1.82) is 0 Å². The summed E-state index contributed by atoms with van der Waals surface area (Å²) in [4.78, 5) is 35.7. The molecular weight excluding hydrogens is 332 g/mol. The van der Waals surface area contributed by atoms with E-state index in [0.717, 1.165) is 19.6 Å². The zero-order chi connectivity index (χ0) is 18.1. The van der Waals surface area contributed by atoms with E-state index < -0.39 is 0 Å². The summed E-state index contributed by atoms with van der Waals surface area (Å²) in [6.45, 7) is 5.40. The summed E-state index contributed by atoms with van der Waals surface area (Å²) in [7, 11) is 0. The van der Waals surface area contributed by atoms with Crippen LogP contribution in [-0.4, -0.2) is 51.9 Å². The van der Waals surface area contributed by atoms with Crippen molar-refractivity contribution in [3.05, 3.63) is 63.9 Å². The number of fused-ring (bicyclic) bond motifs is 1. The quantitative estimate of drug-likeness (QED) is 0.777. The van der Waals surface area contributed by atoms with Crippen molar-refractivity contribution in [1.82, 2.24) is 19.8 Å². The molecule has 3 heterocycles. The molecule has 1 saturated heterocycles. The highest BCUT2D eigenvalue weighted by Gasteiger charge is 2.28. The molecule has 0 saturated carbocycles. The molecule has 0 radical (unpaired) electrons. The maximum absolute atomic E-state index is 13.0. The normalized spacial score (nSPS) is 15.5. The summed E-state index contributed by atoms with van der Waals surface area (Å²) in [6.07, 6.45) is 1.28. The molecule has 0 unspecified atom stereocenters. The summed E-state index contributed by atoms with van der Waals surface area (Å²) >= 11 is 0. The highest BCUT2D eigenvalue weighted by molar-refractivity contribution is 6.06. The lowest BCUT2D eigenvalue weighted by Crippen LogP contribution is -2.48. The number of nitrogens with zero attached hydrogens (tertiary/aromatic N) is 3. The molecule has 1 aromatic carbocycles. The number of nitrogens with one attached hydrogen (secondary N) is 1. The molecule has 1 fully saturated rings. The lowest BCUT2D eigenvalue weighted by Gasteiger charge is -2.34. The zero-order valence-corrected chi connectivity index (χ0v) is 14.6. The van der Waals surface area contributed by atoms with Crippen LogP contribution in [-0.2, 0) is 6.54 Å². The number of hydrogen-bond acceptors (Lipinski definition) is 5. The molecule has 7 nitrogen and oxygen atoms in total. The van der Waals surface area contributed by atoms with E-state index in [9.17, 15) is 9.59 Å². The fourth-order valence-electron chi connectivity index (χ4n) is 3.42. The number of carbonyl (C=O) groups excluding carboxylic acids is 1. The predicted octanol–water partition coefficient (Wildman–Crippen LogP) is 1.78. The molecule has 26 heavy (non-hydrogen) atoms. The van der Waals surface area contributed by atoms with Gasteiger partial charge in [-0.25, -0.2) is 4.98 Å². The van der Waals surface area contributed by atoms with Crippen LogP contribution < -0.4 is 5.56 Å². The van der Waals surface area contributed by atoms with E-state index in [1.807, 2.05) is 18.2 Å². The second-order valence-corrected chi connectivity index (χ2v) is 6.50. The van der Waals surface area contributed by atoms with Crippen molar-refractivity contribution in [2.75, 3.05) is 26.2 Å². The van der Waals surface area contributed by atoms with Crippen LogP contribution in [0.5, 0.6) is 0 Å². The molecule has 2 aromatic heterocycles. The lowest BCUT2D eigenvalue weighted by atomic mass is 10.1. The molecule has 3 aromatic rings. The molecule has 7 heteroatoms. The second-order valence-electron chi connectivity index (χ2n) is 6.50. The van der Waals surface area contributed by atoms with E-state index in [2.05, 4.69) is 27.0 Å². The first-order chi connectivity index (χ1) is 12.6. The van der Waals surface area contributed by atoms with Crippen LogP contribution in [0, 0.1) is 6.92 Å². The first-order valence-electron chi connectivity index (χ1n) is 8.66. The minimum absolute atomic E-state index is 0.167. The minimum Gasteiger partial charge on any atom is -0.442 e. The van der Waals surface area contributed by atoms with Crippen LogP contribution in [0.3, 0.4) is 0 Å². The zero-order valence-electron chi connectivity index (χ0n) is 14.6. The summed E-state index contributed by atoms with van der Waals surface area (Å²) < 4.78 is 5.50. The number of hydrogen-bond donors (Lipinski definition) is 1.